The lowest BCUT2D eigenvalue weighted by atomic mass is 9.84. The first-order valence-electron chi connectivity index (χ1n) is 20.0. The van der Waals surface area contributed by atoms with Gasteiger partial charge in [-0.15, -0.1) is 5.10 Å². The van der Waals surface area contributed by atoms with E-state index in [9.17, 15) is 45.9 Å². The van der Waals surface area contributed by atoms with E-state index in [4.69, 9.17) is 5.73 Å². The zero-order valence-electron chi connectivity index (χ0n) is 32.9. The number of aliphatic hydroxyl groups is 1. The lowest BCUT2D eigenvalue weighted by Gasteiger charge is -2.37. The van der Waals surface area contributed by atoms with Crippen molar-refractivity contribution in [3.8, 4) is 0 Å². The number of aromatic nitrogens is 3. The van der Waals surface area contributed by atoms with E-state index in [0.29, 0.717) is 5.69 Å². The summed E-state index contributed by atoms with van der Waals surface area (Å²) in [6.45, 7) is 2.95. The topological polar surface area (TPSA) is 270 Å². The van der Waals surface area contributed by atoms with E-state index >= 15 is 0 Å². The average Bonchev–Trinajstić information content (AvgIpc) is 3.97. The molecule has 0 bridgehead atoms. The lowest BCUT2D eigenvalue weighted by molar-refractivity contribution is -0.145. The fourth-order valence-corrected chi connectivity index (χ4v) is 11.6. The van der Waals surface area contributed by atoms with Gasteiger partial charge in [0, 0.05) is 24.6 Å². The number of hydrogen-bond donors (Lipinski definition) is 5. The second kappa shape index (κ2) is 17.1. The summed E-state index contributed by atoms with van der Waals surface area (Å²) in [4.78, 5) is 69.9. The van der Waals surface area contributed by atoms with Crippen LogP contribution in [0.4, 0.5) is 0 Å². The fraction of sp³-hybridized carbons (Fsp3) is 0.658. The Labute approximate surface area is 338 Å². The van der Waals surface area contributed by atoms with Gasteiger partial charge in [0.2, 0.25) is 27.6 Å². The Balaban J connectivity index is 1.30. The number of nitrogens with two attached hydrogens (primary N) is 1. The molecular weight excluding hydrogens is 793 g/mol. The zero-order chi connectivity index (χ0) is 42.0. The normalized spacial score (nSPS) is 23.3. The number of carbonyl (C=O) groups excluding carboxylic acids is 5. The third kappa shape index (κ3) is 9.77. The van der Waals surface area contributed by atoms with Crippen molar-refractivity contribution in [2.24, 2.45) is 11.7 Å². The van der Waals surface area contributed by atoms with Gasteiger partial charge in [-0.25, -0.2) is 26.2 Å². The van der Waals surface area contributed by atoms with Crippen LogP contribution in [-0.2, 0) is 44.6 Å². The number of ketones is 1. The molecule has 2 aromatic rings. The number of carbonyl (C=O) groups is 5. The van der Waals surface area contributed by atoms with Crippen molar-refractivity contribution in [3.63, 3.8) is 0 Å². The van der Waals surface area contributed by atoms with Crippen LogP contribution in [0.15, 0.2) is 35.4 Å². The second-order valence-corrected chi connectivity index (χ2v) is 20.8. The molecule has 4 fully saturated rings. The van der Waals surface area contributed by atoms with E-state index < -0.39 is 103 Å². The Bertz CT molecular complexity index is 2090. The lowest BCUT2D eigenvalue weighted by Crippen LogP contribution is -2.64. The number of nitrogens with zero attached hydrogens (tertiary/aromatic N) is 4. The van der Waals surface area contributed by atoms with Crippen LogP contribution >= 0.6 is 0 Å². The van der Waals surface area contributed by atoms with Gasteiger partial charge in [-0.3, -0.25) is 24.0 Å². The Kier molecular flexibility index (Phi) is 12.8. The van der Waals surface area contributed by atoms with Gasteiger partial charge in [-0.2, -0.15) is 0 Å². The van der Waals surface area contributed by atoms with Crippen LogP contribution in [-0.4, -0.2) is 113 Å². The van der Waals surface area contributed by atoms with E-state index in [-0.39, 0.29) is 41.8 Å². The zero-order valence-corrected chi connectivity index (χ0v) is 34.5. The number of primary amides is 1. The molecule has 2 unspecified atom stereocenters. The smallest absolute Gasteiger partial charge is 0.287 e. The summed E-state index contributed by atoms with van der Waals surface area (Å²) < 4.78 is 54.9. The number of rotatable bonds is 14. The molecule has 1 aromatic carbocycles. The summed E-state index contributed by atoms with van der Waals surface area (Å²) in [5.41, 5.74) is 2.47. The number of hydrogen-bond acceptors (Lipinski definition) is 12. The summed E-state index contributed by atoms with van der Waals surface area (Å²) >= 11 is 0. The van der Waals surface area contributed by atoms with Crippen LogP contribution in [0.5, 0.6) is 0 Å². The highest BCUT2D eigenvalue weighted by Crippen LogP contribution is 2.35. The number of nitrogens with one attached hydrogen (secondary N) is 3. The quantitative estimate of drug-likeness (QED) is 0.165. The van der Waals surface area contributed by atoms with E-state index in [2.05, 4.69) is 25.7 Å². The summed E-state index contributed by atoms with van der Waals surface area (Å²) in [6.07, 6.45) is 8.73. The Hall–Kier alpha value is -4.27. The number of sulfone groups is 1. The number of benzene rings is 1. The van der Waals surface area contributed by atoms with Crippen LogP contribution in [0.2, 0.25) is 0 Å². The highest BCUT2D eigenvalue weighted by atomic mass is 32.2. The van der Waals surface area contributed by atoms with E-state index in [0.717, 1.165) is 57.8 Å². The number of likely N-dealkylation sites (tertiary alicyclic amines) is 1. The first-order chi connectivity index (χ1) is 27.3. The Morgan fingerprint density at radius 1 is 0.983 bits per heavy atom. The maximum atomic E-state index is 14.9. The molecule has 58 heavy (non-hydrogen) atoms. The van der Waals surface area contributed by atoms with Crippen molar-refractivity contribution in [1.29, 1.82) is 0 Å². The SMILES string of the molecule is CC(C)(O)c1cnnn1C1CC(C(=O)NC2(C(=O)C(N)=O)CCS(=O)(=O)CC2)N(C(=O)[C@@H](CC2CCCCC2)NC(=O)c2ccc(S(=O)(=O)NC3CCCC3)cc2)C1. The number of Topliss-reactive ketones (excluding diaryl/α,β-unsaturated/α-hetero) is 1. The summed E-state index contributed by atoms with van der Waals surface area (Å²) in [5.74, 6) is -5.45. The first kappa shape index (κ1) is 43.3. The minimum atomic E-state index is -3.82. The molecule has 2 aliphatic heterocycles. The molecule has 2 saturated carbocycles. The van der Waals surface area contributed by atoms with Crippen LogP contribution < -0.4 is 21.1 Å². The van der Waals surface area contributed by atoms with Crippen molar-refractivity contribution >= 4 is 49.3 Å². The number of amides is 4. The van der Waals surface area contributed by atoms with Gasteiger partial charge in [0.1, 0.15) is 23.2 Å². The van der Waals surface area contributed by atoms with Gasteiger partial charge in [0.15, 0.2) is 9.84 Å². The molecule has 3 atom stereocenters. The highest BCUT2D eigenvalue weighted by Gasteiger charge is 2.51. The molecule has 1 aromatic heterocycles. The van der Waals surface area contributed by atoms with Crippen LogP contribution in [0.3, 0.4) is 0 Å². The maximum absolute atomic E-state index is 14.9. The minimum Gasteiger partial charge on any atom is -0.384 e. The van der Waals surface area contributed by atoms with Crippen molar-refractivity contribution in [3.05, 3.63) is 41.7 Å². The average molecular weight is 847 g/mol. The fourth-order valence-electron chi connectivity index (χ4n) is 8.82. The molecule has 20 heteroatoms. The van der Waals surface area contributed by atoms with Gasteiger partial charge < -0.3 is 26.4 Å². The van der Waals surface area contributed by atoms with Crippen molar-refractivity contribution in [2.75, 3.05) is 18.1 Å². The summed E-state index contributed by atoms with van der Waals surface area (Å²) in [5, 5.41) is 24.5. The van der Waals surface area contributed by atoms with Gasteiger partial charge in [0.05, 0.1) is 34.3 Å². The Morgan fingerprint density at radius 2 is 1.60 bits per heavy atom. The maximum Gasteiger partial charge on any atom is 0.287 e. The van der Waals surface area contributed by atoms with Crippen LogP contribution in [0.25, 0.3) is 0 Å². The second-order valence-electron chi connectivity index (χ2n) is 16.8. The first-order valence-corrected chi connectivity index (χ1v) is 23.3. The molecule has 6 rings (SSSR count). The molecule has 2 saturated heterocycles. The molecule has 318 valence electrons. The molecule has 18 nitrogen and oxygen atoms in total. The molecule has 4 aliphatic rings. The van der Waals surface area contributed by atoms with Crippen molar-refractivity contribution in [1.82, 2.24) is 35.2 Å². The molecular formula is C38H54N8O10S2. The monoisotopic (exact) mass is 846 g/mol. The highest BCUT2D eigenvalue weighted by molar-refractivity contribution is 7.91. The molecule has 0 radical (unpaired) electrons. The summed E-state index contributed by atoms with van der Waals surface area (Å²) in [7, 11) is -7.38. The third-order valence-corrected chi connectivity index (χ3v) is 15.3. The molecule has 4 amide bonds. The van der Waals surface area contributed by atoms with Crippen molar-refractivity contribution < 1.29 is 45.9 Å². The molecule has 0 spiro atoms. The Morgan fingerprint density at radius 3 is 2.21 bits per heavy atom. The van der Waals surface area contributed by atoms with E-state index in [1.54, 1.807) is 0 Å². The van der Waals surface area contributed by atoms with E-state index in [1.807, 2.05) is 0 Å². The summed E-state index contributed by atoms with van der Waals surface area (Å²) in [6, 6.07) is 2.15. The predicted molar refractivity (Wildman–Crippen MR) is 209 cm³/mol. The molecule has 2 aliphatic carbocycles. The van der Waals surface area contributed by atoms with Crippen LogP contribution in [0.1, 0.15) is 119 Å². The van der Waals surface area contributed by atoms with Gasteiger partial charge in [-0.05, 0) is 76.1 Å². The largest absolute Gasteiger partial charge is 0.384 e. The molecule has 3 heterocycles. The predicted octanol–water partition coefficient (Wildman–Crippen LogP) is 0.755. The number of sulfonamides is 1. The molecule has 6 N–H and O–H groups in total. The van der Waals surface area contributed by atoms with Gasteiger partial charge in [-0.1, -0.05) is 50.2 Å². The standard InChI is InChI=1S/C38H54N8O10S2/c1-37(2,52)31-22-40-44-46(31)27-21-30(35(50)42-38(32(47)33(39)48)16-18-57(53,54)19-17-38)45(23-27)36(51)29(20-24-8-4-3-5-9-24)41-34(49)25-12-14-28(15-13-25)58(55,56)43-26-10-6-7-11-26/h12-15,22,24,26-27,29-30,43,52H,3-11,16-21,23H2,1-2H3,(H2,39,48)(H,41,49)(H,42,50)/t27?,29-,30?/m1/s1. The van der Waals surface area contributed by atoms with Crippen LogP contribution in [0, 0.1) is 5.92 Å². The van der Waals surface area contributed by atoms with Crippen molar-refractivity contribution in [2.45, 2.75) is 138 Å². The van der Waals surface area contributed by atoms with Gasteiger partial charge >= 0.3 is 0 Å². The third-order valence-electron chi connectivity index (χ3n) is 12.1. The van der Waals surface area contributed by atoms with E-state index in [1.165, 1.54) is 53.9 Å². The van der Waals surface area contributed by atoms with Gasteiger partial charge in [0.25, 0.3) is 11.8 Å². The minimum absolute atomic E-state index is 0.00411.